The van der Waals surface area contributed by atoms with Crippen molar-refractivity contribution in [1.82, 2.24) is 10.2 Å². The first-order chi connectivity index (χ1) is 9.17. The first kappa shape index (κ1) is 12.6. The quantitative estimate of drug-likeness (QED) is 0.886. The lowest BCUT2D eigenvalue weighted by Crippen LogP contribution is -2.20. The summed E-state index contributed by atoms with van der Waals surface area (Å²) in [5.41, 5.74) is 0.526. The van der Waals surface area contributed by atoms with Crippen LogP contribution in [0.25, 0.3) is 0 Å². The number of hydrogen-bond donors (Lipinski definition) is 1. The van der Waals surface area contributed by atoms with Gasteiger partial charge in [0.25, 0.3) is 5.91 Å². The maximum Gasteiger partial charge on any atom is 0.322 e. The summed E-state index contributed by atoms with van der Waals surface area (Å²) in [6.07, 6.45) is 0. The molecule has 0 spiro atoms. The van der Waals surface area contributed by atoms with Gasteiger partial charge in [-0.15, -0.1) is 5.10 Å². The predicted molar refractivity (Wildman–Crippen MR) is 64.3 cm³/mol. The first-order valence-electron chi connectivity index (χ1n) is 5.40. The molecule has 0 saturated carbocycles. The van der Waals surface area contributed by atoms with Crippen LogP contribution in [-0.4, -0.2) is 22.7 Å². The molecular formula is C12H10N4O3. The van der Waals surface area contributed by atoms with Crippen LogP contribution in [0.2, 0.25) is 0 Å². The second-order valence-electron chi connectivity index (χ2n) is 3.60. The summed E-state index contributed by atoms with van der Waals surface area (Å²) >= 11 is 0. The zero-order valence-electron chi connectivity index (χ0n) is 10.1. The molecule has 2 rings (SSSR count). The van der Waals surface area contributed by atoms with E-state index in [4.69, 9.17) is 14.4 Å². The standard InChI is InChI=1S/C12H10N4O3/c1-8-15-16-12(19-8)14-11(17)7-18-10-4-2-9(6-13)3-5-10/h2-5H,7H2,1H3,(H,14,16,17). The minimum absolute atomic E-state index is 0.0333. The summed E-state index contributed by atoms with van der Waals surface area (Å²) in [6.45, 7) is 1.43. The Bertz CT molecular complexity index is 613. The minimum atomic E-state index is -0.409. The second-order valence-corrected chi connectivity index (χ2v) is 3.60. The number of amides is 1. The molecule has 1 amide bonds. The number of hydrogen-bond acceptors (Lipinski definition) is 6. The smallest absolute Gasteiger partial charge is 0.322 e. The van der Waals surface area contributed by atoms with Crippen LogP contribution in [0.3, 0.4) is 0 Å². The molecule has 0 aliphatic rings. The number of carbonyl (C=O) groups is 1. The third-order valence-corrected chi connectivity index (χ3v) is 2.13. The van der Waals surface area contributed by atoms with E-state index in [1.165, 1.54) is 0 Å². The highest BCUT2D eigenvalue weighted by atomic mass is 16.5. The Morgan fingerprint density at radius 3 is 2.74 bits per heavy atom. The van der Waals surface area contributed by atoms with Crippen LogP contribution in [0.4, 0.5) is 6.01 Å². The van der Waals surface area contributed by atoms with Crippen LogP contribution in [0.1, 0.15) is 11.5 Å². The van der Waals surface area contributed by atoms with E-state index < -0.39 is 5.91 Å². The molecule has 0 saturated heterocycles. The number of aryl methyl sites for hydroxylation is 1. The van der Waals surface area contributed by atoms with Gasteiger partial charge in [0.2, 0.25) is 5.89 Å². The van der Waals surface area contributed by atoms with Gasteiger partial charge in [-0.1, -0.05) is 5.10 Å². The third-order valence-electron chi connectivity index (χ3n) is 2.13. The summed E-state index contributed by atoms with van der Waals surface area (Å²) in [7, 11) is 0. The molecule has 1 aromatic carbocycles. The highest BCUT2D eigenvalue weighted by Crippen LogP contribution is 2.11. The van der Waals surface area contributed by atoms with Crippen molar-refractivity contribution in [2.45, 2.75) is 6.92 Å². The van der Waals surface area contributed by atoms with Gasteiger partial charge in [0.15, 0.2) is 6.61 Å². The van der Waals surface area contributed by atoms with E-state index in [1.807, 2.05) is 6.07 Å². The number of benzene rings is 1. The summed E-state index contributed by atoms with van der Waals surface area (Å²) in [5.74, 6) is 0.451. The maximum atomic E-state index is 11.5. The topological polar surface area (TPSA) is 101 Å². The molecular weight excluding hydrogens is 248 g/mol. The summed E-state index contributed by atoms with van der Waals surface area (Å²) < 4.78 is 10.2. The molecule has 0 bridgehead atoms. The Kier molecular flexibility index (Phi) is 3.73. The van der Waals surface area contributed by atoms with Crippen molar-refractivity contribution in [2.75, 3.05) is 11.9 Å². The molecule has 1 aromatic heterocycles. The van der Waals surface area contributed by atoms with Gasteiger partial charge in [0, 0.05) is 6.92 Å². The lowest BCUT2D eigenvalue weighted by Gasteiger charge is -2.04. The molecule has 96 valence electrons. The van der Waals surface area contributed by atoms with E-state index in [1.54, 1.807) is 31.2 Å². The molecule has 1 N–H and O–H groups in total. The lowest BCUT2D eigenvalue weighted by molar-refractivity contribution is -0.118. The normalized spacial score (nSPS) is 9.68. The fourth-order valence-electron chi connectivity index (χ4n) is 1.28. The molecule has 19 heavy (non-hydrogen) atoms. The van der Waals surface area contributed by atoms with E-state index in [0.29, 0.717) is 17.2 Å². The van der Waals surface area contributed by atoms with Crippen molar-refractivity contribution in [1.29, 1.82) is 5.26 Å². The molecule has 0 fully saturated rings. The van der Waals surface area contributed by atoms with Gasteiger partial charge in [-0.25, -0.2) is 0 Å². The van der Waals surface area contributed by atoms with Crippen LogP contribution < -0.4 is 10.1 Å². The minimum Gasteiger partial charge on any atom is -0.484 e. The molecule has 7 nitrogen and oxygen atoms in total. The summed E-state index contributed by atoms with van der Waals surface area (Å²) in [6, 6.07) is 8.46. The molecule has 0 radical (unpaired) electrons. The van der Waals surface area contributed by atoms with Crippen molar-refractivity contribution in [3.8, 4) is 11.8 Å². The van der Waals surface area contributed by atoms with Gasteiger partial charge in [-0.3, -0.25) is 10.1 Å². The molecule has 0 aliphatic carbocycles. The fraction of sp³-hybridized carbons (Fsp3) is 0.167. The van der Waals surface area contributed by atoms with Gasteiger partial charge >= 0.3 is 6.01 Å². The van der Waals surface area contributed by atoms with Gasteiger partial charge in [-0.2, -0.15) is 5.26 Å². The maximum absolute atomic E-state index is 11.5. The highest BCUT2D eigenvalue weighted by Gasteiger charge is 2.08. The highest BCUT2D eigenvalue weighted by molar-refractivity contribution is 5.89. The van der Waals surface area contributed by atoms with E-state index in [2.05, 4.69) is 15.5 Å². The van der Waals surface area contributed by atoms with Crippen LogP contribution >= 0.6 is 0 Å². The van der Waals surface area contributed by atoms with E-state index >= 15 is 0 Å². The lowest BCUT2D eigenvalue weighted by atomic mass is 10.2. The van der Waals surface area contributed by atoms with Crippen molar-refractivity contribution in [3.05, 3.63) is 35.7 Å². The van der Waals surface area contributed by atoms with Crippen LogP contribution in [0.15, 0.2) is 28.7 Å². The molecule has 1 heterocycles. The Labute approximate surface area is 108 Å². The number of anilines is 1. The molecule has 2 aromatic rings. The zero-order valence-corrected chi connectivity index (χ0v) is 10.1. The Morgan fingerprint density at radius 2 is 2.16 bits per heavy atom. The van der Waals surface area contributed by atoms with Gasteiger partial charge in [0.1, 0.15) is 5.75 Å². The summed E-state index contributed by atoms with van der Waals surface area (Å²) in [4.78, 5) is 11.5. The van der Waals surface area contributed by atoms with Gasteiger partial charge in [-0.05, 0) is 24.3 Å². The number of rotatable bonds is 4. The monoisotopic (exact) mass is 258 g/mol. The largest absolute Gasteiger partial charge is 0.484 e. The zero-order chi connectivity index (χ0) is 13.7. The van der Waals surface area contributed by atoms with Crippen molar-refractivity contribution in [2.24, 2.45) is 0 Å². The van der Waals surface area contributed by atoms with Crippen molar-refractivity contribution in [3.63, 3.8) is 0 Å². The average Bonchev–Trinajstić information content (AvgIpc) is 2.82. The third kappa shape index (κ3) is 3.54. The first-order valence-corrected chi connectivity index (χ1v) is 5.40. The fourth-order valence-corrected chi connectivity index (χ4v) is 1.28. The molecule has 0 aliphatic heterocycles. The van der Waals surface area contributed by atoms with Gasteiger partial charge in [0.05, 0.1) is 11.6 Å². The Morgan fingerprint density at radius 1 is 1.42 bits per heavy atom. The number of nitrogens with one attached hydrogen (secondary N) is 1. The molecule has 0 unspecified atom stereocenters. The van der Waals surface area contributed by atoms with Crippen LogP contribution in [-0.2, 0) is 4.79 Å². The predicted octanol–water partition coefficient (Wildman–Crippen LogP) is 1.27. The van der Waals surface area contributed by atoms with Crippen molar-refractivity contribution >= 4 is 11.9 Å². The SMILES string of the molecule is Cc1nnc(NC(=O)COc2ccc(C#N)cc2)o1. The van der Waals surface area contributed by atoms with Crippen molar-refractivity contribution < 1.29 is 13.9 Å². The van der Waals surface area contributed by atoms with Gasteiger partial charge < -0.3 is 9.15 Å². The van der Waals surface area contributed by atoms with E-state index in [0.717, 1.165) is 0 Å². The Hall–Kier alpha value is -2.88. The van der Waals surface area contributed by atoms with E-state index in [9.17, 15) is 4.79 Å². The van der Waals surface area contributed by atoms with E-state index in [-0.39, 0.29) is 12.6 Å². The number of nitriles is 1. The number of nitrogens with zero attached hydrogens (tertiary/aromatic N) is 3. The van der Waals surface area contributed by atoms with Crippen LogP contribution in [0, 0.1) is 18.3 Å². The summed E-state index contributed by atoms with van der Waals surface area (Å²) in [5, 5.41) is 18.2. The van der Waals surface area contributed by atoms with Crippen LogP contribution in [0.5, 0.6) is 5.75 Å². The number of aromatic nitrogens is 2. The Balaban J connectivity index is 1.84. The number of carbonyl (C=O) groups excluding carboxylic acids is 1. The molecule has 0 atom stereocenters. The molecule has 7 heteroatoms. The average molecular weight is 258 g/mol. The number of ether oxygens (including phenoxy) is 1. The second kappa shape index (κ2) is 5.64.